The summed E-state index contributed by atoms with van der Waals surface area (Å²) in [5.41, 5.74) is 6.10. The van der Waals surface area contributed by atoms with E-state index in [4.69, 9.17) is 10.5 Å². The van der Waals surface area contributed by atoms with Crippen LogP contribution in [0.2, 0.25) is 0 Å². The highest BCUT2D eigenvalue weighted by molar-refractivity contribution is 8.18. The Bertz CT molecular complexity index is 620. The topological polar surface area (TPSA) is 114 Å². The van der Waals surface area contributed by atoms with Gasteiger partial charge in [0.15, 0.2) is 0 Å². The summed E-state index contributed by atoms with van der Waals surface area (Å²) in [6.45, 7) is 0. The van der Waals surface area contributed by atoms with Crippen LogP contribution in [-0.2, 0) is 14.3 Å². The van der Waals surface area contributed by atoms with Crippen molar-refractivity contribution < 1.29 is 14.3 Å². The van der Waals surface area contributed by atoms with E-state index in [-0.39, 0.29) is 11.3 Å². The summed E-state index contributed by atoms with van der Waals surface area (Å²) < 4.78 is 4.82. The van der Waals surface area contributed by atoms with Crippen molar-refractivity contribution in [1.29, 1.82) is 0 Å². The molecule has 3 heterocycles. The van der Waals surface area contributed by atoms with Crippen molar-refractivity contribution in [2.45, 2.75) is 16.4 Å². The van der Waals surface area contributed by atoms with E-state index in [9.17, 15) is 9.59 Å². The van der Waals surface area contributed by atoms with Gasteiger partial charge < -0.3 is 10.5 Å². The van der Waals surface area contributed by atoms with E-state index in [1.807, 2.05) is 0 Å². The maximum atomic E-state index is 12.0. The highest BCUT2D eigenvalue weighted by Gasteiger charge is 2.52. The molecule has 1 aromatic heterocycles. The Labute approximate surface area is 139 Å². The third kappa shape index (κ3) is 2.73. The molecule has 1 saturated heterocycles. The molecule has 8 nitrogen and oxygen atoms in total. The fourth-order valence-corrected chi connectivity index (χ4v) is 5.64. The summed E-state index contributed by atoms with van der Waals surface area (Å²) in [7, 11) is 1.31. The van der Waals surface area contributed by atoms with Gasteiger partial charge in [0.05, 0.1) is 13.3 Å². The van der Waals surface area contributed by atoms with Gasteiger partial charge in [-0.25, -0.2) is 4.79 Å². The monoisotopic (exact) mass is 359 g/mol. The summed E-state index contributed by atoms with van der Waals surface area (Å²) in [5.74, 6) is -0.0960. The number of thioether (sulfide) groups is 3. The van der Waals surface area contributed by atoms with Crippen molar-refractivity contribution in [2.24, 2.45) is 5.73 Å². The molecule has 1 aromatic rings. The number of nitrogens with one attached hydrogen (secondary N) is 1. The fourth-order valence-electron chi connectivity index (χ4n) is 2.11. The number of carbonyl (C=O) groups is 2. The second-order valence-electron chi connectivity index (χ2n) is 4.43. The second kappa shape index (κ2) is 6.52. The number of H-pyrrole nitrogens is 1. The van der Waals surface area contributed by atoms with Gasteiger partial charge >= 0.3 is 5.97 Å². The predicted octanol–water partition coefficient (Wildman–Crippen LogP) is 0.214. The lowest BCUT2D eigenvalue weighted by molar-refractivity contribution is -0.149. The Hall–Kier alpha value is -1.17. The van der Waals surface area contributed by atoms with Gasteiger partial charge in [-0.1, -0.05) is 17.0 Å². The zero-order valence-electron chi connectivity index (χ0n) is 11.5. The van der Waals surface area contributed by atoms with E-state index in [0.717, 1.165) is 9.93 Å². The van der Waals surface area contributed by atoms with Crippen LogP contribution in [0.4, 0.5) is 0 Å². The van der Waals surface area contributed by atoms with Crippen LogP contribution in [0.3, 0.4) is 0 Å². The van der Waals surface area contributed by atoms with Crippen molar-refractivity contribution in [2.75, 3.05) is 17.9 Å². The summed E-state index contributed by atoms with van der Waals surface area (Å²) in [4.78, 5) is 26.3. The van der Waals surface area contributed by atoms with Gasteiger partial charge in [-0.05, 0) is 0 Å². The molecular formula is C11H13N5O3S3. The summed E-state index contributed by atoms with van der Waals surface area (Å²) in [6, 6.07) is -0.540. The van der Waals surface area contributed by atoms with E-state index in [2.05, 4.69) is 15.4 Å². The number of methoxy groups -OCH3 is 1. The number of nitrogens with two attached hydrogens (primary N) is 1. The lowest BCUT2D eigenvalue weighted by atomic mass is 10.1. The third-order valence-electron chi connectivity index (χ3n) is 3.19. The predicted molar refractivity (Wildman–Crippen MR) is 84.8 cm³/mol. The van der Waals surface area contributed by atoms with Crippen LogP contribution in [-0.4, -0.2) is 61.6 Å². The van der Waals surface area contributed by atoms with Crippen molar-refractivity contribution in [3.8, 4) is 0 Å². The minimum absolute atomic E-state index is 0.171. The SMILES string of the molecule is COC(=O)C1=C(SCSc2cnn[nH]2)CS[C@@H]2C(N)C(=O)N12. The molecule has 1 amide bonds. The third-order valence-corrected chi connectivity index (χ3v) is 6.81. The Morgan fingerprint density at radius 1 is 1.64 bits per heavy atom. The number of hydrogen-bond donors (Lipinski definition) is 2. The first-order valence-electron chi connectivity index (χ1n) is 6.27. The van der Waals surface area contributed by atoms with Crippen LogP contribution in [0.15, 0.2) is 21.8 Å². The number of fused-ring (bicyclic) bond motifs is 1. The van der Waals surface area contributed by atoms with Crippen LogP contribution in [0, 0.1) is 0 Å². The van der Waals surface area contributed by atoms with Gasteiger partial charge in [0.1, 0.15) is 22.1 Å². The van der Waals surface area contributed by atoms with Gasteiger partial charge in [0.2, 0.25) is 5.91 Å². The minimum atomic E-state index is -0.540. The minimum Gasteiger partial charge on any atom is -0.464 e. The Kier molecular flexibility index (Phi) is 4.66. The summed E-state index contributed by atoms with van der Waals surface area (Å²) in [5, 5.41) is 11.4. The van der Waals surface area contributed by atoms with Crippen LogP contribution in [0.5, 0.6) is 0 Å². The molecule has 2 atom stereocenters. The first-order valence-corrected chi connectivity index (χ1v) is 9.29. The molecular weight excluding hydrogens is 346 g/mol. The van der Waals surface area contributed by atoms with Crippen LogP contribution >= 0.6 is 35.3 Å². The molecule has 1 unspecified atom stereocenters. The van der Waals surface area contributed by atoms with Gasteiger partial charge in [0.25, 0.3) is 0 Å². The molecule has 0 aliphatic carbocycles. The zero-order chi connectivity index (χ0) is 15.7. The highest BCUT2D eigenvalue weighted by Crippen LogP contribution is 2.43. The number of esters is 1. The van der Waals surface area contributed by atoms with E-state index in [1.54, 1.807) is 18.0 Å². The number of carbonyl (C=O) groups excluding carboxylic acids is 2. The maximum Gasteiger partial charge on any atom is 0.355 e. The number of β-lactam (4-membered cyclic amide) rings is 1. The standard InChI is InChI=1S/C11H13N5O3S3/c1-19-11(18)8-5(21-4-22-6-2-13-15-14-6)3-20-10-7(12)9(17)16(8)10/h2,7,10H,3-4,12H2,1H3,(H,13,14,15)/t7?,10-/m1/s1. The quantitative estimate of drug-likeness (QED) is 0.329. The highest BCUT2D eigenvalue weighted by atomic mass is 32.2. The van der Waals surface area contributed by atoms with Crippen molar-refractivity contribution in [1.82, 2.24) is 20.3 Å². The molecule has 0 radical (unpaired) electrons. The largest absolute Gasteiger partial charge is 0.464 e. The van der Waals surface area contributed by atoms with E-state index >= 15 is 0 Å². The molecule has 0 spiro atoms. The number of ether oxygens (including phenoxy) is 1. The Balaban J connectivity index is 1.74. The smallest absolute Gasteiger partial charge is 0.355 e. The lowest BCUT2D eigenvalue weighted by Crippen LogP contribution is -2.68. The molecule has 118 valence electrons. The number of rotatable bonds is 5. The molecule has 2 aliphatic heterocycles. The summed E-state index contributed by atoms with van der Waals surface area (Å²) >= 11 is 4.59. The molecule has 0 bridgehead atoms. The molecule has 11 heteroatoms. The molecule has 2 aliphatic rings. The average molecular weight is 359 g/mol. The second-order valence-corrected chi connectivity index (χ2v) is 7.98. The molecule has 0 aromatic carbocycles. The molecule has 1 fully saturated rings. The molecule has 22 heavy (non-hydrogen) atoms. The fraction of sp³-hybridized carbons (Fsp3) is 0.455. The first kappa shape index (κ1) is 15.7. The number of aromatic amines is 1. The number of hydrogen-bond acceptors (Lipinski definition) is 9. The van der Waals surface area contributed by atoms with E-state index in [0.29, 0.717) is 16.5 Å². The van der Waals surface area contributed by atoms with E-state index < -0.39 is 12.0 Å². The van der Waals surface area contributed by atoms with Crippen molar-refractivity contribution >= 4 is 47.2 Å². The zero-order valence-corrected chi connectivity index (χ0v) is 14.0. The van der Waals surface area contributed by atoms with Crippen LogP contribution < -0.4 is 5.73 Å². The first-order chi connectivity index (χ1) is 10.6. The number of aromatic nitrogens is 3. The normalized spacial score (nSPS) is 24.1. The van der Waals surface area contributed by atoms with Crippen molar-refractivity contribution in [3.05, 3.63) is 16.8 Å². The van der Waals surface area contributed by atoms with Crippen LogP contribution in [0.1, 0.15) is 0 Å². The lowest BCUT2D eigenvalue weighted by Gasteiger charge is -2.48. The Morgan fingerprint density at radius 3 is 3.14 bits per heavy atom. The molecule has 3 rings (SSSR count). The Morgan fingerprint density at radius 2 is 2.45 bits per heavy atom. The van der Waals surface area contributed by atoms with Crippen LogP contribution in [0.25, 0.3) is 0 Å². The van der Waals surface area contributed by atoms with Gasteiger partial charge in [0, 0.05) is 15.7 Å². The summed E-state index contributed by atoms with van der Waals surface area (Å²) in [6.07, 6.45) is 1.63. The molecule has 3 N–H and O–H groups in total. The molecule has 0 saturated carbocycles. The number of nitrogens with zero attached hydrogens (tertiary/aromatic N) is 3. The van der Waals surface area contributed by atoms with Gasteiger partial charge in [-0.15, -0.1) is 28.6 Å². The maximum absolute atomic E-state index is 12.0. The van der Waals surface area contributed by atoms with Gasteiger partial charge in [-0.2, -0.15) is 0 Å². The average Bonchev–Trinajstić information content (AvgIpc) is 3.06. The number of amides is 1. The van der Waals surface area contributed by atoms with E-state index in [1.165, 1.54) is 35.5 Å². The van der Waals surface area contributed by atoms with Crippen molar-refractivity contribution in [3.63, 3.8) is 0 Å². The van der Waals surface area contributed by atoms with Gasteiger partial charge in [-0.3, -0.25) is 14.8 Å².